The van der Waals surface area contributed by atoms with E-state index in [0.29, 0.717) is 32.2 Å². The summed E-state index contributed by atoms with van der Waals surface area (Å²) in [5.41, 5.74) is 0.991. The van der Waals surface area contributed by atoms with Crippen LogP contribution >= 0.6 is 0 Å². The first-order valence-corrected chi connectivity index (χ1v) is 10.3. The minimum atomic E-state index is -3.67. The van der Waals surface area contributed by atoms with E-state index in [1.165, 1.54) is 4.90 Å². The Kier molecular flexibility index (Phi) is 6.98. The van der Waals surface area contributed by atoms with E-state index >= 15 is 0 Å². The minimum Gasteiger partial charge on any atom is -0.481 e. The van der Waals surface area contributed by atoms with Gasteiger partial charge in [-0.3, -0.25) is 4.79 Å². The smallest absolute Gasteiger partial charge is 0.317 e. The number of carbonyl (C=O) groups excluding carboxylic acids is 1. The van der Waals surface area contributed by atoms with Crippen LogP contribution in [0.2, 0.25) is 0 Å². The number of urea groups is 1. The Labute approximate surface area is 153 Å². The van der Waals surface area contributed by atoms with Crippen molar-refractivity contribution in [3.63, 3.8) is 0 Å². The van der Waals surface area contributed by atoms with Gasteiger partial charge >= 0.3 is 12.0 Å². The molecular weight excluding hydrogens is 358 g/mol. The number of hydrogen-bond donors (Lipinski definition) is 3. The summed E-state index contributed by atoms with van der Waals surface area (Å²) >= 11 is 0. The van der Waals surface area contributed by atoms with Crippen molar-refractivity contribution in [2.24, 2.45) is 5.14 Å². The first-order valence-electron chi connectivity index (χ1n) is 8.58. The van der Waals surface area contributed by atoms with Crippen LogP contribution in [0, 0.1) is 0 Å². The lowest BCUT2D eigenvalue weighted by Gasteiger charge is -2.27. The number of sulfonamides is 1. The normalized spacial score (nSPS) is 18.5. The van der Waals surface area contributed by atoms with Gasteiger partial charge in [0.15, 0.2) is 0 Å². The molecule has 1 aliphatic rings. The van der Waals surface area contributed by atoms with Crippen molar-refractivity contribution in [1.29, 1.82) is 0 Å². The lowest BCUT2D eigenvalue weighted by Crippen LogP contribution is -2.49. The average molecular weight is 383 g/mol. The SMILES string of the molecule is NS(=O)(=O)CC1CCCN1C(=O)NC(CCC(=O)O)Cc1ccccc1. The van der Waals surface area contributed by atoms with Crippen LogP contribution in [0.25, 0.3) is 0 Å². The molecule has 1 fully saturated rings. The highest BCUT2D eigenvalue weighted by molar-refractivity contribution is 7.89. The fourth-order valence-corrected chi connectivity index (χ4v) is 4.11. The predicted octanol–water partition coefficient (Wildman–Crippen LogP) is 0.925. The van der Waals surface area contributed by atoms with E-state index < -0.39 is 22.0 Å². The molecule has 0 spiro atoms. The second-order valence-corrected chi connectivity index (χ2v) is 8.25. The van der Waals surface area contributed by atoms with Gasteiger partial charge in [-0.05, 0) is 31.2 Å². The van der Waals surface area contributed by atoms with Crippen molar-refractivity contribution < 1.29 is 23.1 Å². The number of carboxylic acids is 1. The molecule has 8 nitrogen and oxygen atoms in total. The zero-order valence-electron chi connectivity index (χ0n) is 14.5. The van der Waals surface area contributed by atoms with Gasteiger partial charge < -0.3 is 15.3 Å². The molecule has 2 rings (SSSR count). The number of rotatable bonds is 8. The van der Waals surface area contributed by atoms with Gasteiger partial charge in [0.1, 0.15) is 0 Å². The Hall–Kier alpha value is -2.13. The van der Waals surface area contributed by atoms with Crippen molar-refractivity contribution in [3.8, 4) is 0 Å². The highest BCUT2D eigenvalue weighted by Crippen LogP contribution is 2.19. The van der Waals surface area contributed by atoms with E-state index in [2.05, 4.69) is 5.32 Å². The zero-order chi connectivity index (χ0) is 19.2. The molecule has 2 atom stereocenters. The Bertz CT molecular complexity index is 723. The van der Waals surface area contributed by atoms with Crippen molar-refractivity contribution in [3.05, 3.63) is 35.9 Å². The summed E-state index contributed by atoms with van der Waals surface area (Å²) in [6, 6.07) is 8.32. The van der Waals surface area contributed by atoms with Gasteiger partial charge in [0.05, 0.1) is 5.75 Å². The van der Waals surface area contributed by atoms with E-state index in [1.54, 1.807) is 0 Å². The standard InChI is InChI=1S/C17H25N3O5S/c18-26(24,25)12-15-7-4-10-20(15)17(23)19-14(8-9-16(21)22)11-13-5-2-1-3-6-13/h1-3,5-6,14-15H,4,7-12H2,(H,19,23)(H,21,22)(H2,18,24,25). The third kappa shape index (κ3) is 6.64. The molecule has 1 saturated heterocycles. The molecule has 2 amide bonds. The zero-order valence-corrected chi connectivity index (χ0v) is 15.3. The summed E-state index contributed by atoms with van der Waals surface area (Å²) in [6.45, 7) is 0.461. The molecule has 1 aliphatic heterocycles. The van der Waals surface area contributed by atoms with E-state index in [0.717, 1.165) is 5.56 Å². The van der Waals surface area contributed by atoms with Gasteiger partial charge in [-0.1, -0.05) is 30.3 Å². The van der Waals surface area contributed by atoms with Gasteiger partial charge in [-0.15, -0.1) is 0 Å². The van der Waals surface area contributed by atoms with E-state index in [-0.39, 0.29) is 24.2 Å². The highest BCUT2D eigenvalue weighted by Gasteiger charge is 2.32. The quantitative estimate of drug-likeness (QED) is 0.615. The second kappa shape index (κ2) is 9.00. The topological polar surface area (TPSA) is 130 Å². The first kappa shape index (κ1) is 20.2. The monoisotopic (exact) mass is 383 g/mol. The van der Waals surface area contributed by atoms with E-state index in [4.69, 9.17) is 10.2 Å². The molecule has 1 aromatic carbocycles. The third-order valence-electron chi connectivity index (χ3n) is 4.42. The van der Waals surface area contributed by atoms with Crippen LogP contribution in [-0.2, 0) is 21.2 Å². The Morgan fingerprint density at radius 3 is 2.62 bits per heavy atom. The molecule has 0 bridgehead atoms. The fourth-order valence-electron chi connectivity index (χ4n) is 3.22. The molecule has 2 unspecified atom stereocenters. The number of hydrogen-bond acceptors (Lipinski definition) is 4. The molecule has 0 aliphatic carbocycles. The molecule has 0 radical (unpaired) electrons. The lowest BCUT2D eigenvalue weighted by molar-refractivity contribution is -0.137. The summed E-state index contributed by atoms with van der Waals surface area (Å²) in [4.78, 5) is 25.0. The maximum absolute atomic E-state index is 12.6. The molecule has 0 saturated carbocycles. The Balaban J connectivity index is 2.03. The molecule has 1 aromatic rings. The summed E-state index contributed by atoms with van der Waals surface area (Å²) in [6.07, 6.45) is 2.05. The number of amides is 2. The summed E-state index contributed by atoms with van der Waals surface area (Å²) in [5, 5.41) is 16.9. The van der Waals surface area contributed by atoms with E-state index in [9.17, 15) is 18.0 Å². The molecule has 144 valence electrons. The second-order valence-electron chi connectivity index (χ2n) is 6.59. The minimum absolute atomic E-state index is 0.0572. The largest absolute Gasteiger partial charge is 0.481 e. The van der Waals surface area contributed by atoms with Crippen LogP contribution in [0.4, 0.5) is 4.79 Å². The van der Waals surface area contributed by atoms with Gasteiger partial charge in [-0.25, -0.2) is 18.4 Å². The molecular formula is C17H25N3O5S. The number of nitrogens with zero attached hydrogens (tertiary/aromatic N) is 1. The Morgan fingerprint density at radius 1 is 1.31 bits per heavy atom. The van der Waals surface area contributed by atoms with Crippen molar-refractivity contribution >= 4 is 22.0 Å². The number of benzene rings is 1. The van der Waals surface area contributed by atoms with Crippen LogP contribution in [0.1, 0.15) is 31.2 Å². The highest BCUT2D eigenvalue weighted by atomic mass is 32.2. The van der Waals surface area contributed by atoms with Crippen LogP contribution in [0.15, 0.2) is 30.3 Å². The van der Waals surface area contributed by atoms with Crippen molar-refractivity contribution in [1.82, 2.24) is 10.2 Å². The molecule has 0 aromatic heterocycles. The van der Waals surface area contributed by atoms with Gasteiger partial charge in [0.25, 0.3) is 0 Å². The number of primary sulfonamides is 1. The fraction of sp³-hybridized carbons (Fsp3) is 0.529. The predicted molar refractivity (Wildman–Crippen MR) is 97.0 cm³/mol. The van der Waals surface area contributed by atoms with Crippen molar-refractivity contribution in [2.75, 3.05) is 12.3 Å². The first-order chi connectivity index (χ1) is 12.2. The number of likely N-dealkylation sites (tertiary alicyclic amines) is 1. The van der Waals surface area contributed by atoms with Crippen molar-refractivity contribution in [2.45, 2.75) is 44.2 Å². The molecule has 9 heteroatoms. The maximum Gasteiger partial charge on any atom is 0.317 e. The number of carboxylic acid groups (broad SMARTS) is 1. The van der Waals surface area contributed by atoms with Gasteiger partial charge in [0, 0.05) is 25.0 Å². The van der Waals surface area contributed by atoms with Crippen LogP contribution in [0.3, 0.4) is 0 Å². The number of nitrogens with two attached hydrogens (primary N) is 1. The third-order valence-corrected chi connectivity index (χ3v) is 5.27. The average Bonchev–Trinajstić information content (AvgIpc) is 2.99. The summed E-state index contributed by atoms with van der Waals surface area (Å²) in [5.74, 6) is -1.19. The van der Waals surface area contributed by atoms with Crippen LogP contribution < -0.4 is 10.5 Å². The Morgan fingerprint density at radius 2 is 2.00 bits per heavy atom. The van der Waals surface area contributed by atoms with Gasteiger partial charge in [-0.2, -0.15) is 0 Å². The maximum atomic E-state index is 12.6. The molecule has 1 heterocycles. The number of carbonyl (C=O) groups is 2. The number of nitrogens with one attached hydrogen (secondary N) is 1. The van der Waals surface area contributed by atoms with Crippen LogP contribution in [0.5, 0.6) is 0 Å². The van der Waals surface area contributed by atoms with Gasteiger partial charge in [0.2, 0.25) is 10.0 Å². The molecule has 26 heavy (non-hydrogen) atoms. The summed E-state index contributed by atoms with van der Waals surface area (Å²) in [7, 11) is -3.67. The summed E-state index contributed by atoms with van der Waals surface area (Å²) < 4.78 is 22.7. The number of aliphatic carboxylic acids is 1. The van der Waals surface area contributed by atoms with Crippen LogP contribution in [-0.4, -0.2) is 54.8 Å². The lowest BCUT2D eigenvalue weighted by atomic mass is 10.0. The van der Waals surface area contributed by atoms with E-state index in [1.807, 2.05) is 30.3 Å². The molecule has 4 N–H and O–H groups in total.